The van der Waals surface area contributed by atoms with Crippen molar-refractivity contribution in [3.63, 3.8) is 0 Å². The highest BCUT2D eigenvalue weighted by atomic mass is 35.5. The Hall–Kier alpha value is -3.23. The Bertz CT molecular complexity index is 1410. The van der Waals surface area contributed by atoms with Gasteiger partial charge in [-0.2, -0.15) is 0 Å². The fourth-order valence-corrected chi connectivity index (χ4v) is 4.75. The Morgan fingerprint density at radius 3 is 2.45 bits per heavy atom. The Labute approximate surface area is 197 Å². The van der Waals surface area contributed by atoms with E-state index in [4.69, 9.17) is 11.6 Å². The van der Waals surface area contributed by atoms with Crippen LogP contribution in [0.25, 0.3) is 16.6 Å². The first-order valence-electron chi connectivity index (χ1n) is 9.87. The maximum Gasteiger partial charge on any atom is 0.266 e. The molecular weight excluding hydrogens is 468 g/mol. The molecule has 1 atom stereocenters. The van der Waals surface area contributed by atoms with Gasteiger partial charge in [0.15, 0.2) is 5.16 Å². The molecule has 0 saturated carbocycles. The number of halogens is 3. The van der Waals surface area contributed by atoms with Gasteiger partial charge in [-0.1, -0.05) is 53.7 Å². The van der Waals surface area contributed by atoms with Gasteiger partial charge in [0, 0.05) is 25.2 Å². The van der Waals surface area contributed by atoms with Crippen LogP contribution in [0.1, 0.15) is 10.8 Å². The van der Waals surface area contributed by atoms with Gasteiger partial charge >= 0.3 is 0 Å². The van der Waals surface area contributed by atoms with Crippen molar-refractivity contribution < 1.29 is 13.6 Å². The van der Waals surface area contributed by atoms with E-state index < -0.39 is 22.4 Å². The van der Waals surface area contributed by atoms with Crippen molar-refractivity contribution in [1.29, 1.82) is 0 Å². The molecule has 1 aromatic heterocycles. The summed E-state index contributed by atoms with van der Waals surface area (Å²) in [5.74, 6) is -1.94. The van der Waals surface area contributed by atoms with Gasteiger partial charge in [-0.15, -0.1) is 0 Å². The summed E-state index contributed by atoms with van der Waals surface area (Å²) in [6.45, 7) is 0. The lowest BCUT2D eigenvalue weighted by Gasteiger charge is -2.22. The smallest absolute Gasteiger partial charge is 0.266 e. The number of amides is 1. The number of aromatic nitrogens is 2. The number of hydrogen-bond donors (Lipinski definition) is 0. The fourth-order valence-electron chi connectivity index (χ4n) is 3.32. The standard InChI is InChI=1S/C24H18ClF2N3O2S/c1-29(2)23(32)21(14-6-4-3-5-7-14)33-24-28-19-10-8-15(25)12-17(19)22(31)30(24)20-11-9-16(26)13-18(20)27/h3-13,21H,1-2H3. The molecule has 1 heterocycles. The van der Waals surface area contributed by atoms with Gasteiger partial charge < -0.3 is 4.90 Å². The van der Waals surface area contributed by atoms with Gasteiger partial charge in [-0.25, -0.2) is 13.8 Å². The third-order valence-corrected chi connectivity index (χ3v) is 6.37. The first-order chi connectivity index (χ1) is 15.8. The number of hydrogen-bond acceptors (Lipinski definition) is 4. The van der Waals surface area contributed by atoms with Crippen molar-refractivity contribution in [2.75, 3.05) is 14.1 Å². The molecule has 33 heavy (non-hydrogen) atoms. The largest absolute Gasteiger partial charge is 0.348 e. The third-order valence-electron chi connectivity index (χ3n) is 4.94. The van der Waals surface area contributed by atoms with Gasteiger partial charge in [0.2, 0.25) is 5.91 Å². The van der Waals surface area contributed by atoms with Gasteiger partial charge in [-0.05, 0) is 35.9 Å². The van der Waals surface area contributed by atoms with Crippen molar-refractivity contribution >= 4 is 40.2 Å². The molecule has 4 aromatic rings. The average molecular weight is 486 g/mol. The summed E-state index contributed by atoms with van der Waals surface area (Å²) in [4.78, 5) is 32.5. The Morgan fingerprint density at radius 2 is 1.79 bits per heavy atom. The second-order valence-corrected chi connectivity index (χ2v) is 8.94. The second-order valence-electron chi connectivity index (χ2n) is 7.43. The molecule has 5 nitrogen and oxygen atoms in total. The van der Waals surface area contributed by atoms with Crippen LogP contribution < -0.4 is 5.56 Å². The first-order valence-corrected chi connectivity index (χ1v) is 11.1. The maximum absolute atomic E-state index is 14.8. The summed E-state index contributed by atoms with van der Waals surface area (Å²) in [7, 11) is 3.25. The SMILES string of the molecule is CN(C)C(=O)C(Sc1nc2ccc(Cl)cc2c(=O)n1-c1ccc(F)cc1F)c1ccccc1. The number of rotatable bonds is 5. The Morgan fingerprint density at radius 1 is 1.06 bits per heavy atom. The summed E-state index contributed by atoms with van der Waals surface area (Å²) in [5.41, 5.74) is 0.273. The predicted octanol–water partition coefficient (Wildman–Crippen LogP) is 5.24. The molecule has 0 radical (unpaired) electrons. The number of carbonyl (C=O) groups is 1. The molecule has 4 rings (SSSR count). The van der Waals surface area contributed by atoms with E-state index in [1.165, 1.54) is 17.0 Å². The van der Waals surface area contributed by atoms with Gasteiger partial charge in [0.05, 0.1) is 16.6 Å². The summed E-state index contributed by atoms with van der Waals surface area (Å²) in [6.07, 6.45) is 0. The molecule has 3 aromatic carbocycles. The van der Waals surface area contributed by atoms with Crippen molar-refractivity contribution in [3.05, 3.63) is 99.3 Å². The molecule has 0 bridgehead atoms. The zero-order chi connectivity index (χ0) is 23.7. The lowest BCUT2D eigenvalue weighted by molar-refractivity contribution is -0.128. The van der Waals surface area contributed by atoms with E-state index in [9.17, 15) is 18.4 Å². The molecule has 0 saturated heterocycles. The number of nitrogens with zero attached hydrogens (tertiary/aromatic N) is 3. The van der Waals surface area contributed by atoms with Crippen molar-refractivity contribution in [2.45, 2.75) is 10.4 Å². The molecule has 0 spiro atoms. The van der Waals surface area contributed by atoms with Crippen LogP contribution >= 0.6 is 23.4 Å². The lowest BCUT2D eigenvalue weighted by Crippen LogP contribution is -2.28. The molecule has 0 aliphatic heterocycles. The topological polar surface area (TPSA) is 55.2 Å². The fraction of sp³-hybridized carbons (Fsp3) is 0.125. The lowest BCUT2D eigenvalue weighted by atomic mass is 10.1. The molecule has 1 amide bonds. The zero-order valence-electron chi connectivity index (χ0n) is 17.6. The van der Waals surface area contributed by atoms with E-state index in [0.717, 1.165) is 22.4 Å². The molecule has 0 aliphatic rings. The van der Waals surface area contributed by atoms with E-state index in [2.05, 4.69) is 4.98 Å². The Balaban J connectivity index is 1.98. The van der Waals surface area contributed by atoms with E-state index in [1.54, 1.807) is 50.5 Å². The molecular formula is C24H18ClF2N3O2S. The van der Waals surface area contributed by atoms with Crippen LogP contribution in [0.3, 0.4) is 0 Å². The van der Waals surface area contributed by atoms with E-state index in [0.29, 0.717) is 22.2 Å². The maximum atomic E-state index is 14.8. The van der Waals surface area contributed by atoms with Gasteiger partial charge in [-0.3, -0.25) is 14.2 Å². The minimum Gasteiger partial charge on any atom is -0.348 e. The number of benzene rings is 3. The molecule has 168 valence electrons. The van der Waals surface area contributed by atoms with Gasteiger partial charge in [0.25, 0.3) is 5.56 Å². The van der Waals surface area contributed by atoms with Crippen LogP contribution in [0, 0.1) is 11.6 Å². The molecule has 1 unspecified atom stereocenters. The predicted molar refractivity (Wildman–Crippen MR) is 126 cm³/mol. The molecule has 0 aliphatic carbocycles. The van der Waals surface area contributed by atoms with Crippen molar-refractivity contribution in [2.24, 2.45) is 0 Å². The van der Waals surface area contributed by atoms with Crippen LogP contribution in [0.4, 0.5) is 8.78 Å². The van der Waals surface area contributed by atoms with Crippen molar-refractivity contribution in [3.8, 4) is 5.69 Å². The second kappa shape index (κ2) is 9.33. The van der Waals surface area contributed by atoms with E-state index >= 15 is 0 Å². The molecule has 0 fully saturated rings. The minimum absolute atomic E-state index is 0.0874. The van der Waals surface area contributed by atoms with Crippen LogP contribution in [0.15, 0.2) is 76.7 Å². The van der Waals surface area contributed by atoms with Crippen molar-refractivity contribution in [1.82, 2.24) is 14.5 Å². The van der Waals surface area contributed by atoms with E-state index in [-0.39, 0.29) is 22.1 Å². The quantitative estimate of drug-likeness (QED) is 0.286. The summed E-state index contributed by atoms with van der Waals surface area (Å²) in [6, 6.07) is 16.5. The average Bonchev–Trinajstić information content (AvgIpc) is 2.79. The summed E-state index contributed by atoms with van der Waals surface area (Å²) < 4.78 is 29.4. The Kier molecular flexibility index (Phi) is 6.49. The highest BCUT2D eigenvalue weighted by molar-refractivity contribution is 8.00. The highest BCUT2D eigenvalue weighted by Crippen LogP contribution is 2.37. The summed E-state index contributed by atoms with van der Waals surface area (Å²) >= 11 is 7.08. The number of fused-ring (bicyclic) bond motifs is 1. The number of likely N-dealkylation sites (N-methyl/N-ethyl adjacent to an activating group) is 1. The molecule has 0 N–H and O–H groups in total. The minimum atomic E-state index is -0.933. The number of carbonyl (C=O) groups excluding carboxylic acids is 1. The third kappa shape index (κ3) is 4.62. The summed E-state index contributed by atoms with van der Waals surface area (Å²) in [5, 5.41) is -0.180. The van der Waals surface area contributed by atoms with Crippen LogP contribution in [0.2, 0.25) is 5.02 Å². The molecule has 9 heteroatoms. The van der Waals surface area contributed by atoms with Crippen LogP contribution in [-0.4, -0.2) is 34.5 Å². The van der Waals surface area contributed by atoms with Crippen LogP contribution in [0.5, 0.6) is 0 Å². The van der Waals surface area contributed by atoms with Crippen LogP contribution in [-0.2, 0) is 4.79 Å². The first kappa shape index (κ1) is 22.9. The number of thioether (sulfide) groups is 1. The normalized spacial score (nSPS) is 12.0. The van der Waals surface area contributed by atoms with Gasteiger partial charge in [0.1, 0.15) is 16.9 Å². The highest BCUT2D eigenvalue weighted by Gasteiger charge is 2.27. The van der Waals surface area contributed by atoms with E-state index in [1.807, 2.05) is 6.07 Å². The monoisotopic (exact) mass is 485 g/mol. The zero-order valence-corrected chi connectivity index (χ0v) is 19.2.